The van der Waals surface area contributed by atoms with Gasteiger partial charge in [-0.1, -0.05) is 0 Å². The average molecular weight is 480 g/mol. The third-order valence-electron chi connectivity index (χ3n) is 6.15. The number of hydrogen-bond acceptors (Lipinski definition) is 9. The predicted molar refractivity (Wildman–Crippen MR) is 129 cm³/mol. The summed E-state index contributed by atoms with van der Waals surface area (Å²) in [6.07, 6.45) is 8.96. The Morgan fingerprint density at radius 3 is 2.65 bits per heavy atom. The molecule has 11 nitrogen and oxygen atoms in total. The Labute approximate surface area is 196 Å². The molecule has 0 bridgehead atoms. The first-order chi connectivity index (χ1) is 16.4. The van der Waals surface area contributed by atoms with E-state index in [1.807, 2.05) is 16.9 Å². The number of fused-ring (bicyclic) bond motifs is 1. The van der Waals surface area contributed by atoms with Gasteiger partial charge in [-0.3, -0.25) is 4.68 Å². The quantitative estimate of drug-likeness (QED) is 0.426. The minimum absolute atomic E-state index is 0.210. The molecule has 176 valence electrons. The van der Waals surface area contributed by atoms with Gasteiger partial charge in [0.2, 0.25) is 0 Å². The first kappa shape index (κ1) is 21.0. The highest BCUT2D eigenvalue weighted by Crippen LogP contribution is 2.32. The monoisotopic (exact) mass is 479 g/mol. The highest BCUT2D eigenvalue weighted by atomic mass is 32.2. The normalized spacial score (nSPS) is 16.3. The van der Waals surface area contributed by atoms with Crippen molar-refractivity contribution in [2.45, 2.75) is 44.4 Å². The van der Waals surface area contributed by atoms with Gasteiger partial charge in [-0.15, -0.1) is 0 Å². The molecular formula is C22H25N9O2S. The van der Waals surface area contributed by atoms with Gasteiger partial charge in [0.15, 0.2) is 11.6 Å². The highest BCUT2D eigenvalue weighted by Gasteiger charge is 2.37. The van der Waals surface area contributed by atoms with Gasteiger partial charge in [-0.25, -0.2) is 23.4 Å². The molecule has 0 atom stereocenters. The first-order valence-electron chi connectivity index (χ1n) is 11.4. The number of aromatic nitrogens is 7. The van der Waals surface area contributed by atoms with Crippen molar-refractivity contribution in [3.63, 3.8) is 0 Å². The molecule has 4 aromatic rings. The molecule has 6 rings (SSSR count). The Morgan fingerprint density at radius 2 is 1.94 bits per heavy atom. The molecule has 1 saturated heterocycles. The van der Waals surface area contributed by atoms with Crippen molar-refractivity contribution in [2.24, 2.45) is 0 Å². The van der Waals surface area contributed by atoms with Crippen LogP contribution >= 0.6 is 0 Å². The Morgan fingerprint density at radius 1 is 1.12 bits per heavy atom. The van der Waals surface area contributed by atoms with Crippen LogP contribution in [0.4, 0.5) is 17.5 Å². The van der Waals surface area contributed by atoms with Crippen LogP contribution in [-0.2, 0) is 10.0 Å². The molecule has 5 heterocycles. The summed E-state index contributed by atoms with van der Waals surface area (Å²) < 4.78 is 27.9. The van der Waals surface area contributed by atoms with Crippen LogP contribution in [-0.4, -0.2) is 60.7 Å². The van der Waals surface area contributed by atoms with Gasteiger partial charge in [0, 0.05) is 37.6 Å². The van der Waals surface area contributed by atoms with E-state index in [1.165, 1.54) is 18.8 Å². The fourth-order valence-electron chi connectivity index (χ4n) is 4.02. The third-order valence-corrected chi connectivity index (χ3v) is 8.19. The summed E-state index contributed by atoms with van der Waals surface area (Å²) in [5.41, 5.74) is 1.54. The lowest BCUT2D eigenvalue weighted by atomic mass is 10.2. The number of hydrogen-bond donors (Lipinski definition) is 1. The van der Waals surface area contributed by atoms with Gasteiger partial charge in [0.05, 0.1) is 34.1 Å². The van der Waals surface area contributed by atoms with Crippen molar-refractivity contribution < 1.29 is 8.42 Å². The molecule has 1 saturated carbocycles. The Balaban J connectivity index is 1.29. The van der Waals surface area contributed by atoms with Crippen molar-refractivity contribution >= 4 is 38.4 Å². The fraction of sp³-hybridized carbons (Fsp3) is 0.409. The topological polar surface area (TPSA) is 124 Å². The van der Waals surface area contributed by atoms with E-state index in [1.54, 1.807) is 12.3 Å². The lowest BCUT2D eigenvalue weighted by molar-refractivity contribution is 0.537. The maximum absolute atomic E-state index is 12.4. The van der Waals surface area contributed by atoms with E-state index in [0.717, 1.165) is 33.9 Å². The SMILES string of the molecule is CC(C)n1nc(N2CCC2)c2cnc(Nc3ccnc(-c4cnn(S(=O)(=O)C5CC5)c4)n3)cc21. The van der Waals surface area contributed by atoms with Crippen LogP contribution in [0, 0.1) is 0 Å². The van der Waals surface area contributed by atoms with E-state index >= 15 is 0 Å². The standard InChI is InChI=1S/C22H25N9O2S/c1-14(2)31-18-10-20(24-12-17(18)22(28-31)29-8-3-9-29)26-19-6-7-23-21(27-19)15-11-25-30(13-15)34(32,33)16-4-5-16/h6-7,10-14,16H,3-5,8-9H2,1-2H3,(H,23,24,26,27). The fourth-order valence-corrected chi connectivity index (χ4v) is 5.49. The zero-order valence-corrected chi connectivity index (χ0v) is 19.8. The number of anilines is 3. The zero-order valence-electron chi connectivity index (χ0n) is 19.0. The summed E-state index contributed by atoms with van der Waals surface area (Å²) in [4.78, 5) is 15.7. The van der Waals surface area contributed by atoms with Crippen molar-refractivity contribution in [3.8, 4) is 11.4 Å². The Hall–Kier alpha value is -3.54. The summed E-state index contributed by atoms with van der Waals surface area (Å²) in [5, 5.41) is 12.8. The third kappa shape index (κ3) is 3.58. The average Bonchev–Trinajstić information content (AvgIpc) is 3.41. The zero-order chi connectivity index (χ0) is 23.4. The molecule has 0 radical (unpaired) electrons. The molecule has 1 N–H and O–H groups in total. The van der Waals surface area contributed by atoms with Crippen molar-refractivity contribution in [1.29, 1.82) is 0 Å². The van der Waals surface area contributed by atoms with Gasteiger partial charge >= 0.3 is 0 Å². The molecule has 0 spiro atoms. The van der Waals surface area contributed by atoms with Crippen LogP contribution in [0.25, 0.3) is 22.3 Å². The number of pyridine rings is 1. The van der Waals surface area contributed by atoms with E-state index in [9.17, 15) is 8.42 Å². The first-order valence-corrected chi connectivity index (χ1v) is 12.9. The maximum atomic E-state index is 12.4. The van der Waals surface area contributed by atoms with E-state index < -0.39 is 10.0 Å². The second-order valence-electron chi connectivity index (χ2n) is 9.03. The maximum Gasteiger partial charge on any atom is 0.256 e. The minimum Gasteiger partial charge on any atom is -0.354 e. The molecular weight excluding hydrogens is 454 g/mol. The van der Waals surface area contributed by atoms with Crippen molar-refractivity contribution in [1.82, 2.24) is 33.9 Å². The number of rotatable bonds is 7. The van der Waals surface area contributed by atoms with Gasteiger partial charge in [0.1, 0.15) is 11.6 Å². The van der Waals surface area contributed by atoms with Crippen molar-refractivity contribution in [3.05, 3.63) is 36.9 Å². The minimum atomic E-state index is -3.43. The summed E-state index contributed by atoms with van der Waals surface area (Å²) in [5.74, 6) is 2.56. The van der Waals surface area contributed by atoms with Crippen molar-refractivity contribution in [2.75, 3.05) is 23.3 Å². The molecule has 1 aliphatic carbocycles. The Bertz CT molecular complexity index is 1480. The van der Waals surface area contributed by atoms with Gasteiger partial charge in [-0.2, -0.15) is 14.3 Å². The summed E-state index contributed by atoms with van der Waals surface area (Å²) >= 11 is 0. The summed E-state index contributed by atoms with van der Waals surface area (Å²) in [6.45, 7) is 6.26. The number of nitrogens with zero attached hydrogens (tertiary/aromatic N) is 8. The predicted octanol–water partition coefficient (Wildman–Crippen LogP) is 2.96. The van der Waals surface area contributed by atoms with Gasteiger partial charge in [0.25, 0.3) is 10.0 Å². The lowest BCUT2D eigenvalue weighted by Gasteiger charge is -2.31. The largest absolute Gasteiger partial charge is 0.354 e. The highest BCUT2D eigenvalue weighted by molar-refractivity contribution is 7.90. The molecule has 34 heavy (non-hydrogen) atoms. The van der Waals surface area contributed by atoms with Gasteiger partial charge < -0.3 is 10.2 Å². The molecule has 2 fully saturated rings. The molecule has 1 aliphatic heterocycles. The van der Waals surface area contributed by atoms with Crippen LogP contribution in [0.2, 0.25) is 0 Å². The van der Waals surface area contributed by atoms with Crippen LogP contribution in [0.15, 0.2) is 36.9 Å². The van der Waals surface area contributed by atoms with Crippen LogP contribution in [0.5, 0.6) is 0 Å². The molecule has 0 unspecified atom stereocenters. The van der Waals surface area contributed by atoms with Crippen LogP contribution in [0.3, 0.4) is 0 Å². The summed E-state index contributed by atoms with van der Waals surface area (Å²) in [7, 11) is -3.43. The van der Waals surface area contributed by atoms with Gasteiger partial charge in [-0.05, 0) is 39.2 Å². The smallest absolute Gasteiger partial charge is 0.256 e. The van der Waals surface area contributed by atoms with E-state index in [4.69, 9.17) is 5.10 Å². The lowest BCUT2D eigenvalue weighted by Crippen LogP contribution is -2.37. The molecule has 0 amide bonds. The molecule has 2 aliphatic rings. The number of nitrogens with one attached hydrogen (secondary N) is 1. The summed E-state index contributed by atoms with van der Waals surface area (Å²) in [6, 6.07) is 3.93. The molecule has 0 aromatic carbocycles. The Kier molecular flexibility index (Phi) is 4.80. The van der Waals surface area contributed by atoms with E-state index in [2.05, 4.69) is 44.1 Å². The van der Waals surface area contributed by atoms with E-state index in [-0.39, 0.29) is 11.3 Å². The second kappa shape index (κ2) is 7.76. The van der Waals surface area contributed by atoms with Crippen LogP contribution < -0.4 is 10.2 Å². The van der Waals surface area contributed by atoms with E-state index in [0.29, 0.717) is 35.9 Å². The molecule has 4 aromatic heterocycles. The second-order valence-corrected chi connectivity index (χ2v) is 11.1. The molecule has 12 heteroatoms. The van der Waals surface area contributed by atoms with Crippen LogP contribution in [0.1, 0.15) is 39.2 Å².